The maximum absolute atomic E-state index is 11.1. The first kappa shape index (κ1) is 11.7. The van der Waals surface area contributed by atoms with Gasteiger partial charge in [-0.3, -0.25) is 4.79 Å². The van der Waals surface area contributed by atoms with Crippen LogP contribution < -0.4 is 0 Å². The van der Waals surface area contributed by atoms with E-state index in [1.807, 2.05) is 12.1 Å². The largest absolute Gasteiger partial charge is 0.463 e. The average molecular weight is 273 g/mol. The van der Waals surface area contributed by atoms with Crippen molar-refractivity contribution in [2.45, 2.75) is 0 Å². The number of carbonyl (C=O) groups is 1. The third-order valence-electron chi connectivity index (χ3n) is 2.70. The summed E-state index contributed by atoms with van der Waals surface area (Å²) in [5, 5.41) is 4.98. The number of halogens is 1. The van der Waals surface area contributed by atoms with E-state index in [4.69, 9.17) is 16.0 Å². The fourth-order valence-electron chi connectivity index (χ4n) is 1.83. The van der Waals surface area contributed by atoms with E-state index in [9.17, 15) is 4.79 Å². The highest BCUT2D eigenvalue weighted by atomic mass is 35.5. The zero-order valence-electron chi connectivity index (χ0n) is 9.79. The molecule has 4 nitrogen and oxygen atoms in total. The van der Waals surface area contributed by atoms with Gasteiger partial charge in [0.15, 0.2) is 12.0 Å². The molecule has 0 spiro atoms. The van der Waals surface area contributed by atoms with Gasteiger partial charge in [-0.1, -0.05) is 17.7 Å². The molecule has 0 N–H and O–H groups in total. The summed E-state index contributed by atoms with van der Waals surface area (Å²) in [4.78, 5) is 11.1. The molecular weight excluding hydrogens is 264 g/mol. The predicted octanol–water partition coefficient (Wildman–Crippen LogP) is 3.60. The van der Waals surface area contributed by atoms with E-state index in [0.717, 1.165) is 12.0 Å². The van der Waals surface area contributed by atoms with E-state index in [1.54, 1.807) is 41.4 Å². The second-order valence-electron chi connectivity index (χ2n) is 3.95. The van der Waals surface area contributed by atoms with Crippen LogP contribution in [0, 0.1) is 0 Å². The molecule has 0 bridgehead atoms. The fraction of sp³-hybridized carbons (Fsp3) is 0. The highest BCUT2D eigenvalue weighted by Gasteiger charge is 2.13. The lowest BCUT2D eigenvalue weighted by Crippen LogP contribution is -1.94. The molecule has 94 valence electrons. The van der Waals surface area contributed by atoms with Crippen molar-refractivity contribution in [2.24, 2.45) is 0 Å². The number of hydrogen-bond acceptors (Lipinski definition) is 3. The first-order chi connectivity index (χ1) is 9.28. The van der Waals surface area contributed by atoms with Crippen LogP contribution in [0.5, 0.6) is 0 Å². The monoisotopic (exact) mass is 272 g/mol. The summed E-state index contributed by atoms with van der Waals surface area (Å²) in [7, 11) is 0. The summed E-state index contributed by atoms with van der Waals surface area (Å²) >= 11 is 5.95. The minimum atomic E-state index is 0.468. The Morgan fingerprint density at radius 2 is 2.16 bits per heavy atom. The van der Waals surface area contributed by atoms with Crippen LogP contribution in [0.3, 0.4) is 0 Å². The molecule has 0 atom stereocenters. The van der Waals surface area contributed by atoms with Crippen LogP contribution in [-0.4, -0.2) is 16.1 Å². The van der Waals surface area contributed by atoms with Crippen LogP contribution in [0.2, 0.25) is 5.02 Å². The Bertz CT molecular complexity index is 717. The van der Waals surface area contributed by atoms with Gasteiger partial charge in [0, 0.05) is 11.2 Å². The van der Waals surface area contributed by atoms with Crippen molar-refractivity contribution in [3.05, 3.63) is 59.4 Å². The Labute approximate surface area is 114 Å². The van der Waals surface area contributed by atoms with Gasteiger partial charge < -0.3 is 4.42 Å². The van der Waals surface area contributed by atoms with Crippen molar-refractivity contribution >= 4 is 17.9 Å². The zero-order valence-corrected chi connectivity index (χ0v) is 10.5. The molecule has 5 heteroatoms. The molecule has 0 radical (unpaired) electrons. The van der Waals surface area contributed by atoms with Crippen LogP contribution in [0.25, 0.3) is 17.1 Å². The van der Waals surface area contributed by atoms with Gasteiger partial charge in [0.05, 0.1) is 17.5 Å². The number of benzene rings is 1. The lowest BCUT2D eigenvalue weighted by molar-refractivity contribution is 0.112. The van der Waals surface area contributed by atoms with Crippen LogP contribution >= 0.6 is 11.6 Å². The highest BCUT2D eigenvalue weighted by Crippen LogP contribution is 2.23. The highest BCUT2D eigenvalue weighted by molar-refractivity contribution is 6.30. The number of rotatable bonds is 3. The third-order valence-corrected chi connectivity index (χ3v) is 2.93. The Hall–Kier alpha value is -2.33. The number of nitrogens with zero attached hydrogens (tertiary/aromatic N) is 2. The van der Waals surface area contributed by atoms with E-state index in [2.05, 4.69) is 5.10 Å². The van der Waals surface area contributed by atoms with Gasteiger partial charge in [-0.2, -0.15) is 5.10 Å². The maximum atomic E-state index is 11.1. The summed E-state index contributed by atoms with van der Waals surface area (Å²) in [6, 6.07) is 10.8. The summed E-state index contributed by atoms with van der Waals surface area (Å²) < 4.78 is 6.88. The van der Waals surface area contributed by atoms with Gasteiger partial charge in [0.1, 0.15) is 5.69 Å². The van der Waals surface area contributed by atoms with Gasteiger partial charge in [-0.25, -0.2) is 4.68 Å². The molecule has 0 aliphatic carbocycles. The molecule has 19 heavy (non-hydrogen) atoms. The average Bonchev–Trinajstić information content (AvgIpc) is 3.07. The van der Waals surface area contributed by atoms with Crippen LogP contribution in [0.4, 0.5) is 0 Å². The lowest BCUT2D eigenvalue weighted by atomic mass is 10.2. The van der Waals surface area contributed by atoms with Crippen molar-refractivity contribution in [1.82, 2.24) is 9.78 Å². The van der Waals surface area contributed by atoms with Crippen molar-refractivity contribution < 1.29 is 9.21 Å². The molecule has 0 saturated heterocycles. The topological polar surface area (TPSA) is 48.0 Å². The zero-order chi connectivity index (χ0) is 13.2. The minimum absolute atomic E-state index is 0.468. The Kier molecular flexibility index (Phi) is 2.93. The second-order valence-corrected chi connectivity index (χ2v) is 4.39. The Morgan fingerprint density at radius 3 is 2.84 bits per heavy atom. The molecule has 0 aliphatic heterocycles. The van der Waals surface area contributed by atoms with Crippen LogP contribution in [0.1, 0.15) is 10.4 Å². The lowest BCUT2D eigenvalue weighted by Gasteiger charge is -2.00. The molecular formula is C14H9ClN2O2. The molecule has 1 aromatic carbocycles. The smallest absolute Gasteiger partial charge is 0.154 e. The van der Waals surface area contributed by atoms with Crippen LogP contribution in [0.15, 0.2) is 53.3 Å². The van der Waals surface area contributed by atoms with Gasteiger partial charge in [0.2, 0.25) is 0 Å². The van der Waals surface area contributed by atoms with E-state index in [0.29, 0.717) is 22.0 Å². The van der Waals surface area contributed by atoms with Crippen molar-refractivity contribution in [3.63, 3.8) is 0 Å². The molecule has 0 aliphatic rings. The van der Waals surface area contributed by atoms with Gasteiger partial charge in [-0.15, -0.1) is 0 Å². The molecule has 0 saturated carbocycles. The maximum Gasteiger partial charge on any atom is 0.154 e. The summed E-state index contributed by atoms with van der Waals surface area (Å²) in [6.45, 7) is 0. The predicted molar refractivity (Wildman–Crippen MR) is 71.7 cm³/mol. The summed E-state index contributed by atoms with van der Waals surface area (Å²) in [5.41, 5.74) is 1.77. The third kappa shape index (κ3) is 2.18. The number of furan rings is 1. The summed E-state index contributed by atoms with van der Waals surface area (Å²) in [5.74, 6) is 0.558. The molecule has 3 aromatic rings. The molecule has 2 heterocycles. The quantitative estimate of drug-likeness (QED) is 0.685. The first-order valence-corrected chi connectivity index (χ1v) is 6.00. The van der Waals surface area contributed by atoms with E-state index >= 15 is 0 Å². The number of carbonyl (C=O) groups excluding carboxylic acids is 1. The second kappa shape index (κ2) is 4.74. The SMILES string of the molecule is O=Cc1cn(-c2cccc(Cl)c2)nc1-c1ccco1. The summed E-state index contributed by atoms with van der Waals surface area (Å²) in [6.07, 6.45) is 3.95. The van der Waals surface area contributed by atoms with Crippen molar-refractivity contribution in [2.75, 3.05) is 0 Å². The van der Waals surface area contributed by atoms with E-state index < -0.39 is 0 Å². The van der Waals surface area contributed by atoms with Crippen molar-refractivity contribution in [1.29, 1.82) is 0 Å². The van der Waals surface area contributed by atoms with E-state index in [-0.39, 0.29) is 0 Å². The normalized spacial score (nSPS) is 10.6. The standard InChI is InChI=1S/C14H9ClN2O2/c15-11-3-1-4-12(7-11)17-8-10(9-18)14(16-17)13-5-2-6-19-13/h1-9H. The molecule has 2 aromatic heterocycles. The fourth-order valence-corrected chi connectivity index (χ4v) is 2.01. The van der Waals surface area contributed by atoms with Crippen molar-refractivity contribution in [3.8, 4) is 17.1 Å². The Morgan fingerprint density at radius 1 is 1.26 bits per heavy atom. The molecule has 0 unspecified atom stereocenters. The van der Waals surface area contributed by atoms with Gasteiger partial charge in [-0.05, 0) is 30.3 Å². The van der Waals surface area contributed by atoms with Crippen LogP contribution in [-0.2, 0) is 0 Å². The molecule has 3 rings (SSSR count). The minimum Gasteiger partial charge on any atom is -0.463 e. The number of hydrogen-bond donors (Lipinski definition) is 0. The number of aldehydes is 1. The molecule has 0 amide bonds. The van der Waals surface area contributed by atoms with Gasteiger partial charge >= 0.3 is 0 Å². The number of aromatic nitrogens is 2. The first-order valence-electron chi connectivity index (χ1n) is 5.62. The Balaban J connectivity index is 2.12. The van der Waals surface area contributed by atoms with Gasteiger partial charge in [0.25, 0.3) is 0 Å². The molecule has 0 fully saturated rings. The van der Waals surface area contributed by atoms with E-state index in [1.165, 1.54) is 0 Å².